The molecule has 0 spiro atoms. The molecule has 4 aliphatic carbocycles. The van der Waals surface area contributed by atoms with Crippen molar-refractivity contribution in [3.63, 3.8) is 0 Å². The molecule has 0 saturated carbocycles. The molecule has 5 aliphatic rings. The van der Waals surface area contributed by atoms with Crippen molar-refractivity contribution >= 4 is 15.9 Å². The molecule has 2 heteroatoms. The summed E-state index contributed by atoms with van der Waals surface area (Å²) in [6.07, 6.45) is 7.12. The summed E-state index contributed by atoms with van der Waals surface area (Å²) in [7, 11) is 0. The first-order valence-electron chi connectivity index (χ1n) is 8.89. The molecule has 1 N–H and O–H groups in total. The smallest absolute Gasteiger partial charge is 0.0210 e. The molecule has 0 unspecified atom stereocenters. The fourth-order valence-electron chi connectivity index (χ4n) is 4.05. The van der Waals surface area contributed by atoms with Crippen LogP contribution in [0.15, 0.2) is 40.9 Å². The highest BCUT2D eigenvalue weighted by molar-refractivity contribution is 9.10. The largest absolute Gasteiger partial charge is 0.317 e. The number of aryl methyl sites for hydroxylation is 4. The van der Waals surface area contributed by atoms with Crippen LogP contribution in [0.3, 0.4) is 0 Å². The molecule has 1 aliphatic heterocycles. The zero-order valence-corrected chi connectivity index (χ0v) is 15.2. The van der Waals surface area contributed by atoms with Crippen LogP contribution in [-0.4, -0.2) is 13.1 Å². The average Bonchev–Trinajstić information content (AvgIpc) is 2.58. The van der Waals surface area contributed by atoms with Gasteiger partial charge in [0.2, 0.25) is 0 Å². The number of nitrogens with one attached hydrogen (secondary N) is 1. The Bertz CT molecular complexity index is 701. The van der Waals surface area contributed by atoms with E-state index in [9.17, 15) is 0 Å². The predicted octanol–water partition coefficient (Wildman–Crippen LogP) is 4.80. The lowest BCUT2D eigenvalue weighted by Gasteiger charge is -2.26. The molecule has 1 saturated heterocycles. The van der Waals surface area contributed by atoms with Gasteiger partial charge in [-0.3, -0.25) is 0 Å². The van der Waals surface area contributed by atoms with E-state index in [1.807, 2.05) is 0 Å². The van der Waals surface area contributed by atoms with Gasteiger partial charge in [0.25, 0.3) is 0 Å². The van der Waals surface area contributed by atoms with Crippen molar-refractivity contribution < 1.29 is 0 Å². The second kappa shape index (κ2) is 6.78. The van der Waals surface area contributed by atoms with E-state index in [0.717, 1.165) is 31.6 Å². The van der Waals surface area contributed by atoms with Crippen molar-refractivity contribution in [3.8, 4) is 0 Å². The lowest BCUT2D eigenvalue weighted by Crippen LogP contribution is -2.27. The van der Waals surface area contributed by atoms with Gasteiger partial charge in [-0.2, -0.15) is 0 Å². The molecular formula is C21H24BrN. The maximum Gasteiger partial charge on any atom is 0.0210 e. The van der Waals surface area contributed by atoms with E-state index in [0.29, 0.717) is 0 Å². The van der Waals surface area contributed by atoms with Crippen LogP contribution in [0, 0.1) is 0 Å². The summed E-state index contributed by atoms with van der Waals surface area (Å²) in [5.41, 5.74) is 7.58. The SMILES string of the molecule is Brc1cc2ccc1CCc1ccc(cc1C1CCNCC1)CC2. The summed E-state index contributed by atoms with van der Waals surface area (Å²) >= 11 is 3.78. The van der Waals surface area contributed by atoms with Crippen LogP contribution >= 0.6 is 15.9 Å². The minimum atomic E-state index is 0.749. The number of hydrogen-bond acceptors (Lipinski definition) is 1. The molecular weight excluding hydrogens is 346 g/mol. The van der Waals surface area contributed by atoms with Gasteiger partial charge in [0.05, 0.1) is 0 Å². The highest BCUT2D eigenvalue weighted by Gasteiger charge is 2.19. The Labute approximate surface area is 147 Å². The molecule has 1 nitrogen and oxygen atoms in total. The van der Waals surface area contributed by atoms with Crippen LogP contribution in [0.2, 0.25) is 0 Å². The van der Waals surface area contributed by atoms with Crippen LogP contribution in [0.5, 0.6) is 0 Å². The number of rotatable bonds is 1. The Morgan fingerprint density at radius 1 is 0.783 bits per heavy atom. The summed E-state index contributed by atoms with van der Waals surface area (Å²) < 4.78 is 1.29. The Kier molecular flexibility index (Phi) is 4.54. The van der Waals surface area contributed by atoms with Gasteiger partial charge in [-0.05, 0) is 91.4 Å². The van der Waals surface area contributed by atoms with Gasteiger partial charge in [-0.1, -0.05) is 46.3 Å². The van der Waals surface area contributed by atoms with Crippen LogP contribution in [0.1, 0.15) is 46.6 Å². The second-order valence-corrected chi connectivity index (χ2v) is 7.84. The monoisotopic (exact) mass is 369 g/mol. The standard InChI is InChI=1S/C21H24BrN/c22-21-14-16-2-1-15-3-5-17(7-8-19(21)6-4-16)20(13-15)18-9-11-23-12-10-18/h3-6,13-14,18,23H,1-2,7-12H2. The molecule has 0 amide bonds. The van der Waals surface area contributed by atoms with E-state index in [-0.39, 0.29) is 0 Å². The molecule has 2 aromatic rings. The first-order chi connectivity index (χ1) is 11.3. The molecule has 1 fully saturated rings. The molecule has 7 rings (SSSR count). The Morgan fingerprint density at radius 3 is 2.17 bits per heavy atom. The summed E-state index contributed by atoms with van der Waals surface area (Å²) in [6, 6.07) is 14.2. The van der Waals surface area contributed by atoms with Crippen molar-refractivity contribution in [1.82, 2.24) is 5.32 Å². The van der Waals surface area contributed by atoms with Gasteiger partial charge in [0.15, 0.2) is 0 Å². The summed E-state index contributed by atoms with van der Waals surface area (Å²) in [4.78, 5) is 0. The quantitative estimate of drug-likeness (QED) is 0.760. The van der Waals surface area contributed by atoms with Gasteiger partial charge >= 0.3 is 0 Å². The lowest BCUT2D eigenvalue weighted by atomic mass is 9.83. The third-order valence-electron chi connectivity index (χ3n) is 5.47. The fourth-order valence-corrected chi connectivity index (χ4v) is 4.67. The molecule has 0 atom stereocenters. The van der Waals surface area contributed by atoms with E-state index < -0.39 is 0 Å². The summed E-state index contributed by atoms with van der Waals surface area (Å²) in [6.45, 7) is 2.33. The zero-order chi connectivity index (χ0) is 15.6. The fraction of sp³-hybridized carbons (Fsp3) is 0.429. The molecule has 0 radical (unpaired) electrons. The van der Waals surface area contributed by atoms with E-state index in [2.05, 4.69) is 57.6 Å². The number of hydrogen-bond donors (Lipinski definition) is 1. The number of halogens is 1. The number of piperidine rings is 1. The topological polar surface area (TPSA) is 12.0 Å². The average molecular weight is 370 g/mol. The van der Waals surface area contributed by atoms with Crippen LogP contribution < -0.4 is 5.32 Å². The molecule has 2 aromatic carbocycles. The van der Waals surface area contributed by atoms with Crippen molar-refractivity contribution in [2.24, 2.45) is 0 Å². The molecule has 120 valence electrons. The third-order valence-corrected chi connectivity index (χ3v) is 6.21. The van der Waals surface area contributed by atoms with Gasteiger partial charge in [-0.25, -0.2) is 0 Å². The highest BCUT2D eigenvalue weighted by atomic mass is 79.9. The van der Waals surface area contributed by atoms with Crippen molar-refractivity contribution in [2.75, 3.05) is 13.1 Å². The second-order valence-electron chi connectivity index (χ2n) is 6.98. The van der Waals surface area contributed by atoms with E-state index in [1.54, 1.807) is 11.1 Å². The minimum Gasteiger partial charge on any atom is -0.317 e. The van der Waals surface area contributed by atoms with Crippen LogP contribution in [-0.2, 0) is 25.7 Å². The lowest BCUT2D eigenvalue weighted by molar-refractivity contribution is 0.458. The summed E-state index contributed by atoms with van der Waals surface area (Å²) in [5, 5.41) is 3.50. The normalized spacial score (nSPS) is 18.7. The van der Waals surface area contributed by atoms with Crippen molar-refractivity contribution in [1.29, 1.82) is 0 Å². The number of benzene rings is 2. The van der Waals surface area contributed by atoms with E-state index >= 15 is 0 Å². The van der Waals surface area contributed by atoms with E-state index in [1.165, 1.54) is 47.1 Å². The van der Waals surface area contributed by atoms with Gasteiger partial charge < -0.3 is 5.32 Å². The van der Waals surface area contributed by atoms with Gasteiger partial charge in [-0.15, -0.1) is 0 Å². The van der Waals surface area contributed by atoms with Crippen LogP contribution in [0.4, 0.5) is 0 Å². The van der Waals surface area contributed by atoms with Crippen LogP contribution in [0.25, 0.3) is 0 Å². The first kappa shape index (κ1) is 15.4. The predicted molar refractivity (Wildman–Crippen MR) is 100 cm³/mol. The zero-order valence-electron chi connectivity index (χ0n) is 13.6. The third kappa shape index (κ3) is 3.39. The van der Waals surface area contributed by atoms with Crippen molar-refractivity contribution in [3.05, 3.63) is 68.7 Å². The molecule has 1 heterocycles. The van der Waals surface area contributed by atoms with Gasteiger partial charge in [0, 0.05) is 4.47 Å². The highest BCUT2D eigenvalue weighted by Crippen LogP contribution is 2.31. The summed E-state index contributed by atoms with van der Waals surface area (Å²) in [5.74, 6) is 0.749. The maximum atomic E-state index is 3.78. The van der Waals surface area contributed by atoms with Crippen molar-refractivity contribution in [2.45, 2.75) is 44.4 Å². The Hall–Kier alpha value is -1.12. The maximum absolute atomic E-state index is 3.78. The Balaban J connectivity index is 1.70. The molecule has 23 heavy (non-hydrogen) atoms. The first-order valence-corrected chi connectivity index (χ1v) is 9.68. The molecule has 4 bridgehead atoms. The van der Waals surface area contributed by atoms with Gasteiger partial charge in [0.1, 0.15) is 0 Å². The minimum absolute atomic E-state index is 0.749. The molecule has 0 aromatic heterocycles. The van der Waals surface area contributed by atoms with E-state index in [4.69, 9.17) is 0 Å². The Morgan fingerprint density at radius 2 is 1.43 bits per heavy atom.